The number of hydrogen-bond donors (Lipinski definition) is 4. The van der Waals surface area contributed by atoms with Gasteiger partial charge >= 0.3 is 5.97 Å². The third-order valence-electron chi connectivity index (χ3n) is 9.22. The van der Waals surface area contributed by atoms with Gasteiger partial charge in [0.05, 0.1) is 28.6 Å². The van der Waals surface area contributed by atoms with Crippen LogP contribution in [-0.4, -0.2) is 66.3 Å². The molecule has 3 aromatic carbocycles. The summed E-state index contributed by atoms with van der Waals surface area (Å²) in [4.78, 5) is 26.3. The highest BCUT2D eigenvalue weighted by Gasteiger charge is 2.22. The fourth-order valence-electron chi connectivity index (χ4n) is 6.52. The van der Waals surface area contributed by atoms with Crippen LogP contribution in [0.25, 0.3) is 16.7 Å². The number of benzene rings is 3. The highest BCUT2D eigenvalue weighted by Crippen LogP contribution is 2.43. The van der Waals surface area contributed by atoms with Gasteiger partial charge in [-0.15, -0.1) is 0 Å². The van der Waals surface area contributed by atoms with E-state index in [1.165, 1.54) is 0 Å². The summed E-state index contributed by atoms with van der Waals surface area (Å²) in [5.41, 5.74) is 10.9. The Hall–Kier alpha value is -5.16. The number of likely N-dealkylation sites (N-methyl/N-ethyl adjacent to an activating group) is 1. The molecule has 0 spiro atoms. The molecule has 12 heteroatoms. The van der Waals surface area contributed by atoms with Crippen LogP contribution in [0.2, 0.25) is 10.0 Å². The van der Waals surface area contributed by atoms with Crippen molar-refractivity contribution in [3.05, 3.63) is 128 Å². The number of rotatable bonds is 18. The van der Waals surface area contributed by atoms with Crippen molar-refractivity contribution in [2.45, 2.75) is 53.5 Å². The minimum Gasteiger partial charge on any atom is -0.494 e. The van der Waals surface area contributed by atoms with Crippen LogP contribution >= 0.6 is 23.2 Å². The summed E-state index contributed by atoms with van der Waals surface area (Å²) in [6.07, 6.45) is 8.14. The van der Waals surface area contributed by atoms with Crippen molar-refractivity contribution in [1.29, 1.82) is 0 Å². The second-order valence-electron chi connectivity index (χ2n) is 13.2. The lowest BCUT2D eigenvalue weighted by Gasteiger charge is -2.25. The Morgan fingerprint density at radius 3 is 2.42 bits per heavy atom. The number of aromatic carboxylic acids is 1. The summed E-state index contributed by atoms with van der Waals surface area (Å²) in [5.74, 6) is -0.140. The summed E-state index contributed by atoms with van der Waals surface area (Å²) in [7, 11) is 1.92. The number of H-pyrrole nitrogens is 1. The molecule has 5 aromatic rings. The molecule has 10 nitrogen and oxygen atoms in total. The average molecular weight is 786 g/mol. The third kappa shape index (κ3) is 11.4. The second-order valence-corrected chi connectivity index (χ2v) is 13.9. The lowest BCUT2D eigenvalue weighted by atomic mass is 9.92. The van der Waals surface area contributed by atoms with E-state index in [0.717, 1.165) is 105 Å². The van der Waals surface area contributed by atoms with Gasteiger partial charge in [-0.05, 0) is 119 Å². The molecule has 0 saturated heterocycles. The number of carboxylic acid groups (broad SMARTS) is 1. The average Bonchev–Trinajstić information content (AvgIpc) is 3.52. The Morgan fingerprint density at radius 2 is 1.76 bits per heavy atom. The summed E-state index contributed by atoms with van der Waals surface area (Å²) in [6.45, 7) is 13.2. The van der Waals surface area contributed by atoms with Gasteiger partial charge in [-0.1, -0.05) is 47.5 Å². The number of anilines is 2. The SMILES string of the molecule is C=O.CNCCN(CC/C=C(\CCCOc1cc(C)c(Cl)c(C)c1)c1ccc(Cl)c(-c2c(C)n[nH]c2C)c1NCc1cccnc1)c1cccc(C(=O)O)c1. The fraction of sp³-hybridized carbons (Fsp3) is 0.302. The van der Waals surface area contributed by atoms with Crippen molar-refractivity contribution in [3.63, 3.8) is 0 Å². The van der Waals surface area contributed by atoms with Crippen LogP contribution in [0.15, 0.2) is 79.1 Å². The first kappa shape index (κ1) is 42.6. The monoisotopic (exact) mass is 784 g/mol. The maximum Gasteiger partial charge on any atom is 0.335 e. The van der Waals surface area contributed by atoms with E-state index in [1.807, 2.05) is 84.1 Å². The number of halogens is 2. The number of hydrogen-bond acceptors (Lipinski definition) is 8. The number of carboxylic acids is 1. The van der Waals surface area contributed by atoms with Crippen LogP contribution in [-0.2, 0) is 11.3 Å². The lowest BCUT2D eigenvalue weighted by Crippen LogP contribution is -2.31. The third-order valence-corrected chi connectivity index (χ3v) is 10.1. The molecule has 0 fully saturated rings. The molecule has 0 aliphatic heterocycles. The summed E-state index contributed by atoms with van der Waals surface area (Å²) in [5, 5.41) is 25.7. The number of carbonyl (C=O) groups is 2. The van der Waals surface area contributed by atoms with E-state index < -0.39 is 5.97 Å². The molecule has 0 amide bonds. The number of ether oxygens (including phenoxy) is 1. The number of carbonyl (C=O) groups excluding carboxylic acids is 1. The molecule has 0 aliphatic carbocycles. The van der Waals surface area contributed by atoms with Crippen molar-refractivity contribution in [2.24, 2.45) is 0 Å². The zero-order valence-corrected chi connectivity index (χ0v) is 33.7. The van der Waals surface area contributed by atoms with Gasteiger partial charge in [0.2, 0.25) is 0 Å². The highest BCUT2D eigenvalue weighted by molar-refractivity contribution is 6.34. The minimum absolute atomic E-state index is 0.266. The number of aryl methyl sites for hydroxylation is 4. The molecular weight excluding hydrogens is 735 g/mol. The van der Waals surface area contributed by atoms with E-state index in [0.29, 0.717) is 24.7 Å². The Labute approximate surface area is 333 Å². The second kappa shape index (κ2) is 21.1. The molecule has 5 rings (SSSR count). The standard InChI is InChI=1S/C42H48Cl2N6O3.CH2O/c1-27-22-35(23-28(2)40(27)44)53-21-9-13-32(12-8-19-50(20-18-45-5)34-14-6-11-33(24-34)42(51)52)36-15-16-37(43)39(38-29(3)48-49-30(38)4)41(36)47-26-31-10-7-17-46-25-31;1-2/h6-7,10-12,14-17,22-25,45,47H,8-9,13,18-21,26H2,1-5H3,(H,48,49)(H,51,52);1H2/b32-12+;. The molecule has 2 heterocycles. The first-order valence-corrected chi connectivity index (χ1v) is 18.9. The molecule has 4 N–H and O–H groups in total. The van der Waals surface area contributed by atoms with Crippen molar-refractivity contribution >= 4 is 52.9 Å². The van der Waals surface area contributed by atoms with Crippen LogP contribution in [0, 0.1) is 27.7 Å². The van der Waals surface area contributed by atoms with E-state index in [2.05, 4.69) is 42.9 Å². The molecule has 0 bridgehead atoms. The number of allylic oxidation sites excluding steroid dienone is 1. The Balaban J connectivity index is 0.00000331. The van der Waals surface area contributed by atoms with E-state index in [1.54, 1.807) is 24.4 Å². The first-order valence-electron chi connectivity index (χ1n) is 18.1. The van der Waals surface area contributed by atoms with Gasteiger partial charge in [0.1, 0.15) is 12.5 Å². The van der Waals surface area contributed by atoms with Crippen molar-refractivity contribution in [2.75, 3.05) is 43.5 Å². The van der Waals surface area contributed by atoms with Gasteiger partial charge in [0, 0.05) is 71.7 Å². The highest BCUT2D eigenvalue weighted by atomic mass is 35.5. The van der Waals surface area contributed by atoms with Crippen molar-refractivity contribution in [1.82, 2.24) is 20.5 Å². The zero-order chi connectivity index (χ0) is 39.9. The van der Waals surface area contributed by atoms with Crippen molar-refractivity contribution in [3.8, 4) is 16.9 Å². The van der Waals surface area contributed by atoms with Gasteiger partial charge in [0.25, 0.3) is 0 Å². The van der Waals surface area contributed by atoms with E-state index in [9.17, 15) is 9.90 Å². The van der Waals surface area contributed by atoms with Gasteiger partial charge in [-0.3, -0.25) is 10.1 Å². The molecule has 2 aromatic heterocycles. The quantitative estimate of drug-likeness (QED) is 0.0642. The van der Waals surface area contributed by atoms with Crippen LogP contribution in [0.1, 0.15) is 63.3 Å². The predicted molar refractivity (Wildman–Crippen MR) is 225 cm³/mol. The zero-order valence-electron chi connectivity index (χ0n) is 32.1. The molecule has 0 unspecified atom stereocenters. The molecule has 0 radical (unpaired) electrons. The fourth-order valence-corrected chi connectivity index (χ4v) is 6.88. The summed E-state index contributed by atoms with van der Waals surface area (Å²) < 4.78 is 6.25. The Morgan fingerprint density at radius 1 is 1.00 bits per heavy atom. The van der Waals surface area contributed by atoms with E-state index in [-0.39, 0.29) is 5.56 Å². The molecule has 55 heavy (non-hydrogen) atoms. The lowest BCUT2D eigenvalue weighted by molar-refractivity contribution is -0.0980. The molecular formula is C43H50Cl2N6O4. The predicted octanol–water partition coefficient (Wildman–Crippen LogP) is 9.50. The maximum absolute atomic E-state index is 11.8. The summed E-state index contributed by atoms with van der Waals surface area (Å²) >= 11 is 13.5. The van der Waals surface area contributed by atoms with Gasteiger partial charge in [-0.25, -0.2) is 4.79 Å². The smallest absolute Gasteiger partial charge is 0.335 e. The summed E-state index contributed by atoms with van der Waals surface area (Å²) in [6, 6.07) is 19.1. The van der Waals surface area contributed by atoms with Crippen LogP contribution in [0.3, 0.4) is 0 Å². The number of nitrogens with one attached hydrogen (secondary N) is 3. The molecule has 0 saturated carbocycles. The van der Waals surface area contributed by atoms with Crippen molar-refractivity contribution < 1.29 is 19.4 Å². The number of aromatic amines is 1. The minimum atomic E-state index is -0.943. The molecule has 0 atom stereocenters. The topological polar surface area (TPSA) is 132 Å². The Kier molecular flexibility index (Phi) is 16.3. The first-order chi connectivity index (χ1) is 26.6. The number of nitrogens with zero attached hydrogens (tertiary/aromatic N) is 3. The largest absolute Gasteiger partial charge is 0.494 e. The van der Waals surface area contributed by atoms with Gasteiger partial charge < -0.3 is 30.2 Å². The molecule has 290 valence electrons. The molecule has 0 aliphatic rings. The van der Waals surface area contributed by atoms with Gasteiger partial charge in [-0.2, -0.15) is 5.10 Å². The maximum atomic E-state index is 11.8. The number of aromatic nitrogens is 3. The van der Waals surface area contributed by atoms with E-state index >= 15 is 0 Å². The number of pyridine rings is 1. The van der Waals surface area contributed by atoms with E-state index in [4.69, 9.17) is 32.7 Å². The van der Waals surface area contributed by atoms with Crippen LogP contribution < -0.4 is 20.3 Å². The Bertz CT molecular complexity index is 2030. The normalized spacial score (nSPS) is 11.1. The van der Waals surface area contributed by atoms with Crippen LogP contribution in [0.5, 0.6) is 5.75 Å². The van der Waals surface area contributed by atoms with Gasteiger partial charge in [0.15, 0.2) is 0 Å². The van der Waals surface area contributed by atoms with Crippen LogP contribution in [0.4, 0.5) is 11.4 Å².